The zero-order valence-electron chi connectivity index (χ0n) is 16.3. The molecule has 0 spiro atoms. The van der Waals surface area contributed by atoms with Gasteiger partial charge < -0.3 is 4.57 Å². The van der Waals surface area contributed by atoms with Gasteiger partial charge >= 0.3 is 0 Å². The highest BCUT2D eigenvalue weighted by Crippen LogP contribution is 2.43. The highest BCUT2D eigenvalue weighted by molar-refractivity contribution is 7.99. The molecule has 0 radical (unpaired) electrons. The van der Waals surface area contributed by atoms with Crippen LogP contribution >= 0.6 is 11.8 Å². The number of benzene rings is 1. The first-order valence-electron chi connectivity index (χ1n) is 9.51. The summed E-state index contributed by atoms with van der Waals surface area (Å²) in [6.45, 7) is 12.6. The zero-order valence-corrected chi connectivity index (χ0v) is 17.1. The van der Waals surface area contributed by atoms with Crippen LogP contribution in [0, 0.1) is 0 Å². The molecule has 1 atom stereocenters. The largest absolute Gasteiger partial charge is 0.305 e. The molecule has 0 saturated carbocycles. The second kappa shape index (κ2) is 7.09. The summed E-state index contributed by atoms with van der Waals surface area (Å²) >= 11 is 1.47. The van der Waals surface area contributed by atoms with E-state index in [0.717, 1.165) is 29.7 Å². The SMILES string of the molecule is C=CCSc1nnc2n(CC=C)c3c(c(=O)n12)C(C)(CC)Cc1ccccc1-3. The normalized spacial score (nSPS) is 17.9. The molecule has 0 N–H and O–H groups in total. The van der Waals surface area contributed by atoms with Gasteiger partial charge in [0.05, 0.1) is 5.69 Å². The summed E-state index contributed by atoms with van der Waals surface area (Å²) in [6.07, 6.45) is 5.37. The lowest BCUT2D eigenvalue weighted by Gasteiger charge is -2.37. The molecule has 0 saturated heterocycles. The van der Waals surface area contributed by atoms with E-state index in [-0.39, 0.29) is 11.0 Å². The molecule has 1 unspecified atom stereocenters. The van der Waals surface area contributed by atoms with Crippen molar-refractivity contribution in [1.29, 1.82) is 0 Å². The fourth-order valence-electron chi connectivity index (χ4n) is 4.13. The molecule has 0 bridgehead atoms. The number of thioether (sulfide) groups is 1. The summed E-state index contributed by atoms with van der Waals surface area (Å²) < 4.78 is 3.75. The number of nitrogens with zero attached hydrogens (tertiary/aromatic N) is 4. The Morgan fingerprint density at radius 3 is 2.75 bits per heavy atom. The van der Waals surface area contributed by atoms with Crippen LogP contribution in [0.15, 0.2) is 59.5 Å². The van der Waals surface area contributed by atoms with Crippen molar-refractivity contribution in [3.8, 4) is 11.3 Å². The van der Waals surface area contributed by atoms with Crippen LogP contribution in [0.2, 0.25) is 0 Å². The maximum atomic E-state index is 13.8. The van der Waals surface area contributed by atoms with Gasteiger partial charge in [-0.15, -0.1) is 23.4 Å². The number of hydrogen-bond acceptors (Lipinski definition) is 4. The minimum absolute atomic E-state index is 0.0132. The van der Waals surface area contributed by atoms with Crippen LogP contribution in [0.5, 0.6) is 0 Å². The zero-order chi connectivity index (χ0) is 19.9. The van der Waals surface area contributed by atoms with Crippen LogP contribution < -0.4 is 5.56 Å². The van der Waals surface area contributed by atoms with Crippen LogP contribution in [0.4, 0.5) is 0 Å². The Kier molecular flexibility index (Phi) is 4.75. The number of aromatic nitrogens is 4. The summed E-state index contributed by atoms with van der Waals surface area (Å²) in [5, 5.41) is 9.30. The van der Waals surface area contributed by atoms with E-state index in [9.17, 15) is 4.79 Å². The lowest BCUT2D eigenvalue weighted by molar-refractivity contribution is 0.435. The fourth-order valence-corrected chi connectivity index (χ4v) is 4.79. The van der Waals surface area contributed by atoms with E-state index in [1.165, 1.54) is 17.3 Å². The first-order valence-corrected chi connectivity index (χ1v) is 10.5. The molecule has 1 aromatic carbocycles. The molecule has 4 rings (SSSR count). The second-order valence-corrected chi connectivity index (χ2v) is 8.38. The Labute approximate surface area is 168 Å². The average molecular weight is 393 g/mol. The average Bonchev–Trinajstić information content (AvgIpc) is 3.13. The standard InChI is InChI=1S/C22H24N4OS/c1-5-12-25-18-16-11-9-8-10-15(16)14-22(4,7-3)17(18)19(27)26-20(25)23-24-21(26)28-13-6-2/h5-6,8-11H,1-2,7,12-14H2,3-4H3. The van der Waals surface area contributed by atoms with E-state index in [1.54, 1.807) is 10.5 Å². The van der Waals surface area contributed by atoms with Gasteiger partial charge in [-0.05, 0) is 18.4 Å². The topological polar surface area (TPSA) is 52.2 Å². The maximum Gasteiger partial charge on any atom is 0.265 e. The van der Waals surface area contributed by atoms with E-state index in [0.29, 0.717) is 23.2 Å². The minimum Gasteiger partial charge on any atom is -0.305 e. The number of hydrogen-bond donors (Lipinski definition) is 0. The molecule has 1 aliphatic carbocycles. The van der Waals surface area contributed by atoms with Gasteiger partial charge in [0.15, 0.2) is 5.16 Å². The minimum atomic E-state index is -0.247. The lowest BCUT2D eigenvalue weighted by Crippen LogP contribution is -2.39. The van der Waals surface area contributed by atoms with Gasteiger partial charge in [-0.1, -0.05) is 62.0 Å². The van der Waals surface area contributed by atoms with Crippen LogP contribution in [-0.4, -0.2) is 24.9 Å². The summed E-state index contributed by atoms with van der Waals surface area (Å²) in [5.41, 5.74) is 3.91. The third-order valence-electron chi connectivity index (χ3n) is 5.66. The molecular formula is C22H24N4OS. The Balaban J connectivity index is 2.17. The van der Waals surface area contributed by atoms with Crippen molar-refractivity contribution >= 4 is 17.5 Å². The van der Waals surface area contributed by atoms with Gasteiger partial charge in [-0.2, -0.15) is 0 Å². The molecule has 2 heterocycles. The Hall–Kier alpha value is -2.60. The molecule has 2 aromatic heterocycles. The number of allylic oxidation sites excluding steroid dienone is 1. The maximum absolute atomic E-state index is 13.8. The summed E-state index contributed by atoms with van der Waals surface area (Å²) in [6, 6.07) is 8.35. The van der Waals surface area contributed by atoms with Gasteiger partial charge in [-0.3, -0.25) is 4.79 Å². The first kappa shape index (κ1) is 18.7. The van der Waals surface area contributed by atoms with Crippen molar-refractivity contribution < 1.29 is 0 Å². The van der Waals surface area contributed by atoms with Crippen molar-refractivity contribution in [1.82, 2.24) is 19.2 Å². The third kappa shape index (κ3) is 2.66. The molecule has 1 aliphatic rings. The molecular weight excluding hydrogens is 368 g/mol. The van der Waals surface area contributed by atoms with Crippen molar-refractivity contribution in [3.63, 3.8) is 0 Å². The van der Waals surface area contributed by atoms with Crippen molar-refractivity contribution in [2.75, 3.05) is 5.75 Å². The highest BCUT2D eigenvalue weighted by Gasteiger charge is 2.39. The molecule has 0 amide bonds. The predicted octanol–water partition coefficient (Wildman–Crippen LogP) is 4.25. The lowest BCUT2D eigenvalue weighted by atomic mass is 9.69. The summed E-state index contributed by atoms with van der Waals surface area (Å²) in [7, 11) is 0. The van der Waals surface area contributed by atoms with Crippen molar-refractivity contribution in [2.45, 2.75) is 43.8 Å². The summed E-state index contributed by atoms with van der Waals surface area (Å²) in [5.74, 6) is 1.23. The molecule has 28 heavy (non-hydrogen) atoms. The monoisotopic (exact) mass is 392 g/mol. The second-order valence-electron chi connectivity index (χ2n) is 7.39. The van der Waals surface area contributed by atoms with Gasteiger partial charge in [0.1, 0.15) is 0 Å². The Morgan fingerprint density at radius 1 is 1.25 bits per heavy atom. The van der Waals surface area contributed by atoms with Gasteiger partial charge in [0, 0.05) is 28.8 Å². The van der Waals surface area contributed by atoms with E-state index in [2.05, 4.69) is 60.0 Å². The smallest absolute Gasteiger partial charge is 0.265 e. The summed E-state index contributed by atoms with van der Waals surface area (Å²) in [4.78, 5) is 13.8. The van der Waals surface area contributed by atoms with Gasteiger partial charge in [-0.25, -0.2) is 4.40 Å². The molecule has 144 valence electrons. The Morgan fingerprint density at radius 2 is 2.04 bits per heavy atom. The van der Waals surface area contributed by atoms with E-state index in [4.69, 9.17) is 0 Å². The number of fused-ring (bicyclic) bond motifs is 4. The van der Waals surface area contributed by atoms with Crippen molar-refractivity contribution in [3.05, 3.63) is 71.1 Å². The fraction of sp³-hybridized carbons (Fsp3) is 0.318. The molecule has 6 heteroatoms. The number of rotatable bonds is 6. The van der Waals surface area contributed by atoms with Crippen LogP contribution in [0.3, 0.4) is 0 Å². The molecule has 0 fully saturated rings. The van der Waals surface area contributed by atoms with Crippen molar-refractivity contribution in [2.24, 2.45) is 0 Å². The quantitative estimate of drug-likeness (QED) is 0.465. The predicted molar refractivity (Wildman–Crippen MR) is 115 cm³/mol. The van der Waals surface area contributed by atoms with Crippen LogP contribution in [0.25, 0.3) is 17.0 Å². The van der Waals surface area contributed by atoms with Gasteiger partial charge in [0.2, 0.25) is 5.78 Å². The molecule has 5 nitrogen and oxygen atoms in total. The van der Waals surface area contributed by atoms with Crippen LogP contribution in [0.1, 0.15) is 31.4 Å². The first-order chi connectivity index (χ1) is 13.6. The molecule has 0 aliphatic heterocycles. The van der Waals surface area contributed by atoms with Gasteiger partial charge in [0.25, 0.3) is 5.56 Å². The van der Waals surface area contributed by atoms with E-state index >= 15 is 0 Å². The van der Waals surface area contributed by atoms with E-state index in [1.807, 2.05) is 12.1 Å². The third-order valence-corrected chi connectivity index (χ3v) is 6.59. The highest BCUT2D eigenvalue weighted by atomic mass is 32.2. The molecule has 3 aromatic rings. The van der Waals surface area contributed by atoms with Crippen LogP contribution in [-0.2, 0) is 18.4 Å². The van der Waals surface area contributed by atoms with E-state index < -0.39 is 0 Å². The Bertz CT molecular complexity index is 1140.